The molecule has 0 N–H and O–H groups in total. The standard InChI is InChI=1S/C37H60S/c1-2-24(1)28-8-13-33(18-28)36-21-37(22-36)34-14-12-32(20-34)31-11-10-30(19-31)29-9-7-27(17-29)25-3-5-26(6-4-25)35-15-16-38-23-35/h24-37H,1-23H2. The van der Waals surface area contributed by atoms with Gasteiger partial charge in [-0.2, -0.15) is 11.8 Å². The second-order valence-corrected chi connectivity index (χ2v) is 18.1. The Balaban J connectivity index is 0.756. The third-order valence-corrected chi connectivity index (χ3v) is 16.5. The van der Waals surface area contributed by atoms with Gasteiger partial charge >= 0.3 is 0 Å². The number of hydrogen-bond donors (Lipinski definition) is 0. The van der Waals surface area contributed by atoms with Crippen molar-refractivity contribution >= 4 is 11.8 Å². The summed E-state index contributed by atoms with van der Waals surface area (Å²) in [5.41, 5.74) is 0. The van der Waals surface area contributed by atoms with Crippen molar-refractivity contribution in [2.75, 3.05) is 11.5 Å². The van der Waals surface area contributed by atoms with E-state index >= 15 is 0 Å². The molecule has 7 saturated carbocycles. The van der Waals surface area contributed by atoms with Crippen molar-refractivity contribution < 1.29 is 0 Å². The van der Waals surface area contributed by atoms with Gasteiger partial charge in [0.15, 0.2) is 0 Å². The lowest BCUT2D eigenvalue weighted by Crippen LogP contribution is -2.33. The van der Waals surface area contributed by atoms with Crippen molar-refractivity contribution in [3.8, 4) is 0 Å². The van der Waals surface area contributed by atoms with Gasteiger partial charge in [-0.1, -0.05) is 0 Å². The van der Waals surface area contributed by atoms with Crippen molar-refractivity contribution in [1.82, 2.24) is 0 Å². The lowest BCUT2D eigenvalue weighted by molar-refractivity contribution is 0.0741. The molecule has 0 nitrogen and oxygen atoms in total. The highest BCUT2D eigenvalue weighted by Gasteiger charge is 2.47. The summed E-state index contributed by atoms with van der Waals surface area (Å²) in [6.45, 7) is 0. The van der Waals surface area contributed by atoms with Gasteiger partial charge in [0.05, 0.1) is 0 Å². The molecule has 0 aromatic carbocycles. The van der Waals surface area contributed by atoms with E-state index in [0.717, 1.165) is 76.9 Å². The highest BCUT2D eigenvalue weighted by molar-refractivity contribution is 7.99. The highest BCUT2D eigenvalue weighted by Crippen LogP contribution is 2.58. The molecule has 0 bridgehead atoms. The second kappa shape index (κ2) is 11.2. The molecule has 9 unspecified atom stereocenters. The maximum Gasteiger partial charge on any atom is -0.00362 e. The van der Waals surface area contributed by atoms with Crippen LogP contribution in [0.25, 0.3) is 0 Å². The van der Waals surface area contributed by atoms with E-state index in [1.807, 2.05) is 0 Å². The molecule has 8 fully saturated rings. The van der Waals surface area contributed by atoms with Crippen LogP contribution in [0.2, 0.25) is 0 Å². The first-order chi connectivity index (χ1) is 18.8. The van der Waals surface area contributed by atoms with E-state index in [9.17, 15) is 0 Å². The van der Waals surface area contributed by atoms with E-state index in [-0.39, 0.29) is 0 Å². The Morgan fingerprint density at radius 2 is 0.500 bits per heavy atom. The van der Waals surface area contributed by atoms with Crippen LogP contribution in [0, 0.1) is 82.9 Å². The van der Waals surface area contributed by atoms with Crippen LogP contribution < -0.4 is 0 Å². The average molecular weight is 537 g/mol. The van der Waals surface area contributed by atoms with Gasteiger partial charge in [-0.15, -0.1) is 0 Å². The minimum Gasteiger partial charge on any atom is -0.162 e. The van der Waals surface area contributed by atoms with Crippen molar-refractivity contribution in [3.05, 3.63) is 0 Å². The molecule has 0 radical (unpaired) electrons. The Kier molecular flexibility index (Phi) is 7.67. The van der Waals surface area contributed by atoms with E-state index in [0.29, 0.717) is 0 Å². The Morgan fingerprint density at radius 1 is 0.237 bits per heavy atom. The maximum atomic E-state index is 2.24. The fraction of sp³-hybridized carbons (Fsp3) is 1.00. The van der Waals surface area contributed by atoms with Crippen LogP contribution in [0.5, 0.6) is 0 Å². The maximum absolute atomic E-state index is 2.24. The third-order valence-electron chi connectivity index (χ3n) is 15.3. The third kappa shape index (κ3) is 5.33. The molecule has 0 aromatic heterocycles. The SMILES string of the molecule is C1CC(C2CCC(C3CCC(C4CCC(C5CCC(C6CC(C7CCC(C8CC8)C7)C6)C5)C4)C3)CC2)CS1. The van der Waals surface area contributed by atoms with Gasteiger partial charge < -0.3 is 0 Å². The minimum atomic E-state index is 1.10. The first-order valence-corrected chi connectivity index (χ1v) is 19.5. The number of rotatable bonds is 7. The Hall–Kier alpha value is 0.350. The fourth-order valence-electron chi connectivity index (χ4n) is 12.7. The normalized spacial score (nSPS) is 53.5. The molecule has 1 saturated heterocycles. The molecule has 8 rings (SSSR count). The topological polar surface area (TPSA) is 0 Å². The fourth-order valence-corrected chi connectivity index (χ4v) is 14.1. The van der Waals surface area contributed by atoms with Crippen molar-refractivity contribution in [2.24, 2.45) is 82.9 Å². The van der Waals surface area contributed by atoms with Gasteiger partial charge in [0, 0.05) is 0 Å². The average Bonchev–Trinajstić information content (AvgIpc) is 3.55. The van der Waals surface area contributed by atoms with Crippen LogP contribution in [-0.4, -0.2) is 11.5 Å². The zero-order valence-corrected chi connectivity index (χ0v) is 25.6. The van der Waals surface area contributed by atoms with E-state index in [1.54, 1.807) is 135 Å². The van der Waals surface area contributed by atoms with Gasteiger partial charge in [0.25, 0.3) is 0 Å². The summed E-state index contributed by atoms with van der Waals surface area (Å²) in [6.07, 6.45) is 33.9. The molecule has 1 heteroatoms. The van der Waals surface area contributed by atoms with Crippen LogP contribution in [0.3, 0.4) is 0 Å². The van der Waals surface area contributed by atoms with Gasteiger partial charge in [-0.25, -0.2) is 0 Å². The van der Waals surface area contributed by atoms with Gasteiger partial charge in [0.1, 0.15) is 0 Å². The number of thioether (sulfide) groups is 1. The molecule has 38 heavy (non-hydrogen) atoms. The molecule has 8 aliphatic rings. The molecule has 214 valence electrons. The van der Waals surface area contributed by atoms with Crippen LogP contribution in [0.1, 0.15) is 135 Å². The van der Waals surface area contributed by atoms with Crippen LogP contribution in [0.4, 0.5) is 0 Å². The summed E-state index contributed by atoms with van der Waals surface area (Å²) in [7, 11) is 0. The van der Waals surface area contributed by atoms with Crippen LogP contribution >= 0.6 is 11.8 Å². The molecule has 7 aliphatic carbocycles. The Bertz CT molecular complexity index is 781. The van der Waals surface area contributed by atoms with E-state index in [2.05, 4.69) is 11.8 Å². The van der Waals surface area contributed by atoms with Crippen molar-refractivity contribution in [3.63, 3.8) is 0 Å². The highest BCUT2D eigenvalue weighted by atomic mass is 32.2. The molecule has 9 atom stereocenters. The largest absolute Gasteiger partial charge is 0.162 e. The summed E-state index contributed by atoms with van der Waals surface area (Å²) < 4.78 is 0. The Labute approximate surface area is 240 Å². The molecule has 0 spiro atoms. The first kappa shape index (κ1) is 26.0. The molecule has 0 aromatic rings. The van der Waals surface area contributed by atoms with E-state index < -0.39 is 0 Å². The first-order valence-electron chi connectivity index (χ1n) is 18.3. The smallest absolute Gasteiger partial charge is 0.00362 e. The summed E-state index contributed by atoms with van der Waals surface area (Å²) in [5.74, 6) is 18.9. The van der Waals surface area contributed by atoms with Gasteiger partial charge in [-0.3, -0.25) is 0 Å². The van der Waals surface area contributed by atoms with E-state index in [4.69, 9.17) is 0 Å². The minimum absolute atomic E-state index is 1.10. The summed E-state index contributed by atoms with van der Waals surface area (Å²) in [4.78, 5) is 0. The quantitative estimate of drug-likeness (QED) is 0.312. The van der Waals surface area contributed by atoms with Gasteiger partial charge in [0.2, 0.25) is 0 Å². The number of hydrogen-bond acceptors (Lipinski definition) is 1. The molecule has 0 amide bonds. The van der Waals surface area contributed by atoms with Crippen LogP contribution in [0.15, 0.2) is 0 Å². The lowest BCUT2D eigenvalue weighted by atomic mass is 9.63. The van der Waals surface area contributed by atoms with Crippen molar-refractivity contribution in [1.29, 1.82) is 0 Å². The van der Waals surface area contributed by atoms with Gasteiger partial charge in [-0.05, 0) is 229 Å². The van der Waals surface area contributed by atoms with Crippen molar-refractivity contribution in [2.45, 2.75) is 135 Å². The predicted octanol–water partition coefficient (Wildman–Crippen LogP) is 10.6. The summed E-state index contributed by atoms with van der Waals surface area (Å²) in [5, 5.41) is 0. The Morgan fingerprint density at radius 3 is 0.842 bits per heavy atom. The monoisotopic (exact) mass is 536 g/mol. The molecular formula is C37H60S. The summed E-state index contributed by atoms with van der Waals surface area (Å²) in [6, 6.07) is 0. The molecule has 1 heterocycles. The van der Waals surface area contributed by atoms with Crippen LogP contribution in [-0.2, 0) is 0 Å². The predicted molar refractivity (Wildman–Crippen MR) is 163 cm³/mol. The second-order valence-electron chi connectivity index (χ2n) is 17.0. The molecular weight excluding hydrogens is 476 g/mol. The summed E-state index contributed by atoms with van der Waals surface area (Å²) >= 11 is 2.24. The lowest BCUT2D eigenvalue weighted by Gasteiger charge is -2.43. The van der Waals surface area contributed by atoms with E-state index in [1.165, 1.54) is 17.4 Å². The zero-order chi connectivity index (χ0) is 25.1. The molecule has 1 aliphatic heterocycles. The zero-order valence-electron chi connectivity index (χ0n) is 24.8.